The molecule has 0 bridgehead atoms. The van der Waals surface area contributed by atoms with Crippen molar-refractivity contribution in [3.8, 4) is 0 Å². The van der Waals surface area contributed by atoms with Gasteiger partial charge >= 0.3 is 0 Å². The van der Waals surface area contributed by atoms with Gasteiger partial charge in [0.15, 0.2) is 0 Å². The average molecular weight is 361 g/mol. The lowest BCUT2D eigenvalue weighted by Crippen LogP contribution is -2.03. The quantitative estimate of drug-likeness (QED) is 0.419. The summed E-state index contributed by atoms with van der Waals surface area (Å²) in [6.07, 6.45) is 29.9. The van der Waals surface area contributed by atoms with Crippen molar-refractivity contribution in [3.05, 3.63) is 0 Å². The number of nitrogens with zero attached hydrogens (tertiary/aromatic N) is 2. The highest BCUT2D eigenvalue weighted by atomic mass is 15.2. The zero-order chi connectivity index (χ0) is 18.1. The molecule has 2 heteroatoms. The monoisotopic (exact) mass is 360 g/mol. The lowest BCUT2D eigenvalue weighted by molar-refractivity contribution is 0.554. The summed E-state index contributed by atoms with van der Waals surface area (Å²) in [6.45, 7) is 0. The van der Waals surface area contributed by atoms with Crippen molar-refractivity contribution in [3.63, 3.8) is 0 Å². The van der Waals surface area contributed by atoms with E-state index in [1.54, 1.807) is 0 Å². The van der Waals surface area contributed by atoms with Crippen LogP contribution in [0.3, 0.4) is 0 Å². The van der Waals surface area contributed by atoms with E-state index in [1.165, 1.54) is 153 Å². The predicted molar refractivity (Wildman–Crippen MR) is 116 cm³/mol. The standard InChI is InChI=1S/C24H44N2/c1-3-7-11-15-19-23(20-16-12-8-4-1)25-26-24-21-17-13-9-5-2-6-10-14-18-22-24/h1-22H2. The first kappa shape index (κ1) is 21.6. The highest BCUT2D eigenvalue weighted by Gasteiger charge is 2.05. The van der Waals surface area contributed by atoms with E-state index in [4.69, 9.17) is 10.2 Å². The molecule has 0 heterocycles. The van der Waals surface area contributed by atoms with E-state index in [2.05, 4.69) is 0 Å². The third-order valence-corrected chi connectivity index (χ3v) is 6.19. The molecule has 2 aliphatic carbocycles. The molecule has 0 atom stereocenters. The van der Waals surface area contributed by atoms with Gasteiger partial charge in [0, 0.05) is 11.4 Å². The number of hydrogen-bond acceptors (Lipinski definition) is 2. The zero-order valence-electron chi connectivity index (χ0n) is 17.5. The summed E-state index contributed by atoms with van der Waals surface area (Å²) < 4.78 is 0. The van der Waals surface area contributed by atoms with Gasteiger partial charge in [-0.15, -0.1) is 0 Å². The summed E-state index contributed by atoms with van der Waals surface area (Å²) in [5.41, 5.74) is 2.79. The first-order valence-corrected chi connectivity index (χ1v) is 12.1. The molecule has 0 amide bonds. The van der Waals surface area contributed by atoms with Crippen LogP contribution in [0.25, 0.3) is 0 Å². The summed E-state index contributed by atoms with van der Waals surface area (Å²) in [4.78, 5) is 0. The summed E-state index contributed by atoms with van der Waals surface area (Å²) in [5, 5.41) is 9.62. The maximum Gasteiger partial charge on any atom is 0.0405 e. The van der Waals surface area contributed by atoms with Crippen LogP contribution in [-0.4, -0.2) is 11.4 Å². The van der Waals surface area contributed by atoms with Crippen molar-refractivity contribution in [1.82, 2.24) is 0 Å². The summed E-state index contributed by atoms with van der Waals surface area (Å²) in [6, 6.07) is 0. The molecule has 2 fully saturated rings. The van der Waals surface area contributed by atoms with E-state index in [9.17, 15) is 0 Å². The molecule has 2 aliphatic rings. The molecule has 0 aromatic carbocycles. The van der Waals surface area contributed by atoms with Crippen LogP contribution in [0.4, 0.5) is 0 Å². The fourth-order valence-corrected chi connectivity index (χ4v) is 4.38. The molecule has 0 spiro atoms. The molecule has 0 N–H and O–H groups in total. The summed E-state index contributed by atoms with van der Waals surface area (Å²) in [5.74, 6) is 0. The van der Waals surface area contributed by atoms with E-state index in [0.717, 1.165) is 0 Å². The Hall–Kier alpha value is -0.660. The molecule has 2 saturated carbocycles. The molecule has 2 nitrogen and oxygen atoms in total. The smallest absolute Gasteiger partial charge is 0.0405 e. The summed E-state index contributed by atoms with van der Waals surface area (Å²) >= 11 is 0. The van der Waals surface area contributed by atoms with Gasteiger partial charge in [-0.25, -0.2) is 0 Å². The van der Waals surface area contributed by atoms with E-state index < -0.39 is 0 Å². The molecule has 0 aliphatic heterocycles. The third kappa shape index (κ3) is 11.1. The molecule has 0 radical (unpaired) electrons. The molecule has 0 aromatic rings. The molecule has 2 rings (SSSR count). The van der Waals surface area contributed by atoms with E-state index in [-0.39, 0.29) is 0 Å². The summed E-state index contributed by atoms with van der Waals surface area (Å²) in [7, 11) is 0. The zero-order valence-corrected chi connectivity index (χ0v) is 17.5. The molecule has 0 aromatic heterocycles. The fraction of sp³-hybridized carbons (Fsp3) is 0.917. The van der Waals surface area contributed by atoms with E-state index >= 15 is 0 Å². The Morgan fingerprint density at radius 3 is 0.692 bits per heavy atom. The average Bonchev–Trinajstić information content (AvgIpc) is 2.63. The molecular formula is C24H44N2. The maximum absolute atomic E-state index is 4.81. The van der Waals surface area contributed by atoms with E-state index in [1.807, 2.05) is 0 Å². The highest BCUT2D eigenvalue weighted by Crippen LogP contribution is 2.18. The third-order valence-electron chi connectivity index (χ3n) is 6.19. The Bertz CT molecular complexity index is 331. The van der Waals surface area contributed by atoms with Gasteiger partial charge in [0.05, 0.1) is 0 Å². The second-order valence-electron chi connectivity index (χ2n) is 8.70. The van der Waals surface area contributed by atoms with Gasteiger partial charge in [-0.3, -0.25) is 0 Å². The van der Waals surface area contributed by atoms with Gasteiger partial charge in [0.1, 0.15) is 0 Å². The van der Waals surface area contributed by atoms with Crippen molar-refractivity contribution in [2.24, 2.45) is 10.2 Å². The fourth-order valence-electron chi connectivity index (χ4n) is 4.38. The van der Waals surface area contributed by atoms with Crippen LogP contribution in [0.1, 0.15) is 141 Å². The topological polar surface area (TPSA) is 24.7 Å². The Morgan fingerprint density at radius 1 is 0.269 bits per heavy atom. The van der Waals surface area contributed by atoms with Crippen molar-refractivity contribution in [1.29, 1.82) is 0 Å². The minimum absolute atomic E-state index is 1.19. The first-order valence-electron chi connectivity index (χ1n) is 12.1. The van der Waals surface area contributed by atoms with Gasteiger partial charge < -0.3 is 0 Å². The van der Waals surface area contributed by atoms with Crippen LogP contribution in [0.2, 0.25) is 0 Å². The van der Waals surface area contributed by atoms with Crippen molar-refractivity contribution in [2.75, 3.05) is 0 Å². The maximum atomic E-state index is 4.81. The lowest BCUT2D eigenvalue weighted by atomic mass is 10.00. The largest absolute Gasteiger partial charge is 0.160 e. The Balaban J connectivity index is 1.87. The normalized spacial score (nSPS) is 23.7. The van der Waals surface area contributed by atoms with Crippen LogP contribution in [0.5, 0.6) is 0 Å². The molecule has 26 heavy (non-hydrogen) atoms. The first-order chi connectivity index (χ1) is 12.9. The van der Waals surface area contributed by atoms with Gasteiger partial charge in [-0.05, 0) is 51.4 Å². The number of hydrogen-bond donors (Lipinski definition) is 0. The molecule has 150 valence electrons. The van der Waals surface area contributed by atoms with Crippen LogP contribution in [0.15, 0.2) is 10.2 Å². The van der Waals surface area contributed by atoms with Crippen molar-refractivity contribution in [2.45, 2.75) is 141 Å². The van der Waals surface area contributed by atoms with E-state index in [0.29, 0.717) is 0 Å². The molecular weight excluding hydrogens is 316 g/mol. The van der Waals surface area contributed by atoms with Crippen molar-refractivity contribution < 1.29 is 0 Å². The SMILES string of the molecule is C1CCCCCC(=NN=C2CCCCCCCCCCC2)CCCCC1. The predicted octanol–water partition coefficient (Wildman–Crippen LogP) is 8.39. The Labute approximate surface area is 163 Å². The van der Waals surface area contributed by atoms with Crippen LogP contribution in [0, 0.1) is 0 Å². The van der Waals surface area contributed by atoms with Crippen LogP contribution >= 0.6 is 0 Å². The highest BCUT2D eigenvalue weighted by molar-refractivity contribution is 5.88. The number of rotatable bonds is 1. The van der Waals surface area contributed by atoms with Crippen molar-refractivity contribution >= 4 is 11.4 Å². The Kier molecular flexibility index (Phi) is 12.8. The van der Waals surface area contributed by atoms with Crippen LogP contribution in [-0.2, 0) is 0 Å². The minimum Gasteiger partial charge on any atom is -0.160 e. The second-order valence-corrected chi connectivity index (χ2v) is 8.70. The van der Waals surface area contributed by atoms with Gasteiger partial charge in [0.25, 0.3) is 0 Å². The molecule has 0 unspecified atom stereocenters. The second kappa shape index (κ2) is 15.4. The Morgan fingerprint density at radius 2 is 0.462 bits per heavy atom. The van der Waals surface area contributed by atoms with Gasteiger partial charge in [0.2, 0.25) is 0 Å². The van der Waals surface area contributed by atoms with Crippen LogP contribution < -0.4 is 0 Å². The van der Waals surface area contributed by atoms with Gasteiger partial charge in [-0.1, -0.05) is 89.9 Å². The lowest BCUT2D eigenvalue weighted by Gasteiger charge is -2.10. The van der Waals surface area contributed by atoms with Gasteiger partial charge in [-0.2, -0.15) is 10.2 Å². The minimum atomic E-state index is 1.19. The molecule has 0 saturated heterocycles.